The zero-order valence-corrected chi connectivity index (χ0v) is 16.7. The van der Waals surface area contributed by atoms with E-state index < -0.39 is 0 Å². The number of nitrogens with zero attached hydrogens (tertiary/aromatic N) is 7. The molecule has 0 aliphatic carbocycles. The number of tetrazole rings is 1. The molecule has 0 saturated carbocycles. The largest absolute Gasteiger partial charge is 0.467 e. The highest BCUT2D eigenvalue weighted by Gasteiger charge is 2.32. The normalized spacial score (nSPS) is 14.1. The lowest BCUT2D eigenvalue weighted by Gasteiger charge is -2.29. The van der Waals surface area contributed by atoms with E-state index in [0.29, 0.717) is 24.2 Å². The molecule has 0 saturated heterocycles. The summed E-state index contributed by atoms with van der Waals surface area (Å²) in [7, 11) is 3.29. The summed E-state index contributed by atoms with van der Waals surface area (Å²) in [6.07, 6.45) is 0.571. The van der Waals surface area contributed by atoms with Gasteiger partial charge in [0.2, 0.25) is 0 Å². The maximum Gasteiger partial charge on any atom is 0.318 e. The number of carbonyl (C=O) groups is 1. The van der Waals surface area contributed by atoms with E-state index in [1.807, 2.05) is 31.3 Å². The van der Waals surface area contributed by atoms with Crippen LogP contribution in [-0.2, 0) is 18.9 Å². The Balaban J connectivity index is 1.64. The Bertz CT molecular complexity index is 1070. The second-order valence-corrected chi connectivity index (χ2v) is 7.42. The fraction of sp³-hybridized carbons (Fsp3) is 0.368. The number of ether oxygens (including phenoxy) is 1. The zero-order chi connectivity index (χ0) is 20.8. The van der Waals surface area contributed by atoms with E-state index in [2.05, 4.69) is 39.3 Å². The Morgan fingerprint density at radius 2 is 1.90 bits per heavy atom. The number of anilines is 2. The van der Waals surface area contributed by atoms with Crippen LogP contribution >= 0.6 is 0 Å². The molecule has 150 valence electrons. The van der Waals surface area contributed by atoms with E-state index in [0.717, 1.165) is 17.1 Å². The van der Waals surface area contributed by atoms with Gasteiger partial charge in [-0.1, -0.05) is 12.1 Å². The third-order valence-electron chi connectivity index (χ3n) is 5.29. The van der Waals surface area contributed by atoms with Gasteiger partial charge in [0, 0.05) is 25.7 Å². The average Bonchev–Trinajstić information content (AvgIpc) is 3.14. The van der Waals surface area contributed by atoms with Crippen LogP contribution in [0.25, 0.3) is 0 Å². The number of aryl methyl sites for hydroxylation is 1. The molecule has 10 nitrogen and oxygen atoms in total. The van der Waals surface area contributed by atoms with E-state index in [4.69, 9.17) is 10.5 Å². The lowest BCUT2D eigenvalue weighted by atomic mass is 9.83. The first-order chi connectivity index (χ1) is 13.8. The lowest BCUT2D eigenvalue weighted by Crippen LogP contribution is -2.39. The van der Waals surface area contributed by atoms with Crippen LogP contribution in [0.15, 0.2) is 24.3 Å². The number of hydrogen-bond acceptors (Lipinski definition) is 8. The molecule has 1 amide bonds. The van der Waals surface area contributed by atoms with Gasteiger partial charge in [-0.05, 0) is 42.0 Å². The summed E-state index contributed by atoms with van der Waals surface area (Å²) in [6, 6.07) is 7.99. The number of fused-ring (bicyclic) bond motifs is 1. The number of aromatic nitrogens is 6. The van der Waals surface area contributed by atoms with Crippen molar-refractivity contribution in [3.8, 4) is 6.01 Å². The maximum atomic E-state index is 13.0. The van der Waals surface area contributed by atoms with Crippen LogP contribution in [0.1, 0.15) is 41.3 Å². The van der Waals surface area contributed by atoms with Crippen LogP contribution in [0.5, 0.6) is 6.01 Å². The second kappa shape index (κ2) is 6.80. The van der Waals surface area contributed by atoms with Crippen LogP contribution in [0.4, 0.5) is 11.5 Å². The molecule has 3 heterocycles. The molecule has 29 heavy (non-hydrogen) atoms. The third kappa shape index (κ3) is 3.06. The molecule has 1 aromatic carbocycles. The molecule has 0 fully saturated rings. The van der Waals surface area contributed by atoms with Crippen LogP contribution in [-0.4, -0.2) is 49.7 Å². The van der Waals surface area contributed by atoms with E-state index in [1.54, 1.807) is 9.58 Å². The molecular weight excluding hydrogens is 372 g/mol. The molecule has 0 atom stereocenters. The Morgan fingerprint density at radius 1 is 1.17 bits per heavy atom. The lowest BCUT2D eigenvalue weighted by molar-refractivity contribution is 0.0980. The van der Waals surface area contributed by atoms with Crippen molar-refractivity contribution in [2.45, 2.75) is 25.7 Å². The summed E-state index contributed by atoms with van der Waals surface area (Å²) in [6.45, 7) is 4.62. The molecular formula is C19H22N8O2. The number of amides is 1. The summed E-state index contributed by atoms with van der Waals surface area (Å²) < 4.78 is 6.71. The minimum absolute atomic E-state index is 0.133. The van der Waals surface area contributed by atoms with Crippen molar-refractivity contribution in [2.75, 3.05) is 24.3 Å². The molecule has 0 unspecified atom stereocenters. The maximum absolute atomic E-state index is 13.0. The van der Waals surface area contributed by atoms with Gasteiger partial charge in [-0.3, -0.25) is 4.79 Å². The Hall–Kier alpha value is -3.56. The fourth-order valence-electron chi connectivity index (χ4n) is 3.65. The van der Waals surface area contributed by atoms with Gasteiger partial charge in [-0.2, -0.15) is 9.97 Å². The van der Waals surface area contributed by atoms with Crippen LogP contribution in [0.3, 0.4) is 0 Å². The van der Waals surface area contributed by atoms with E-state index in [9.17, 15) is 4.79 Å². The summed E-state index contributed by atoms with van der Waals surface area (Å²) in [5.74, 6) is 0.678. The molecule has 10 heteroatoms. The van der Waals surface area contributed by atoms with Crippen molar-refractivity contribution in [1.82, 2.24) is 30.2 Å². The van der Waals surface area contributed by atoms with Gasteiger partial charge < -0.3 is 15.4 Å². The highest BCUT2D eigenvalue weighted by atomic mass is 16.5. The minimum Gasteiger partial charge on any atom is -0.467 e. The number of nitrogen functional groups attached to an aromatic ring is 1. The Labute approximate surface area is 167 Å². The molecule has 0 bridgehead atoms. The summed E-state index contributed by atoms with van der Waals surface area (Å²) in [5, 5.41) is 11.8. The van der Waals surface area contributed by atoms with Crippen molar-refractivity contribution in [3.05, 3.63) is 46.9 Å². The number of rotatable bonds is 4. The number of methoxy groups -OCH3 is 1. The van der Waals surface area contributed by atoms with E-state index in [-0.39, 0.29) is 23.2 Å². The SMILES string of the molecule is COc1nc(N)c2c(n1)CCN(c1ccc(C(C)(C)c3nnnn3C)cc1)C2=O. The number of carbonyl (C=O) groups excluding carboxylic acids is 1. The molecule has 3 aromatic rings. The van der Waals surface area contributed by atoms with Gasteiger partial charge >= 0.3 is 6.01 Å². The standard InChI is InChI=1S/C19H22N8O2/c1-19(2,17-23-24-25-26(17)3)11-5-7-12(8-6-11)27-10-9-13-14(16(27)28)15(20)22-18(21-13)29-4/h5-8H,9-10H2,1-4H3,(H2,20,21,22). The second-order valence-electron chi connectivity index (χ2n) is 7.42. The topological polar surface area (TPSA) is 125 Å². The summed E-state index contributed by atoms with van der Waals surface area (Å²) >= 11 is 0. The highest BCUT2D eigenvalue weighted by Crippen LogP contribution is 2.32. The van der Waals surface area contributed by atoms with Gasteiger partial charge in [0.1, 0.15) is 11.4 Å². The molecule has 1 aliphatic heterocycles. The molecule has 2 aromatic heterocycles. The molecule has 2 N–H and O–H groups in total. The van der Waals surface area contributed by atoms with Gasteiger partial charge in [0.15, 0.2) is 5.82 Å². The van der Waals surface area contributed by atoms with Gasteiger partial charge in [-0.15, -0.1) is 5.10 Å². The van der Waals surface area contributed by atoms with E-state index >= 15 is 0 Å². The molecule has 4 rings (SSSR count). The van der Waals surface area contributed by atoms with E-state index in [1.165, 1.54) is 7.11 Å². The predicted octanol–water partition coefficient (Wildman–Crippen LogP) is 1.12. The minimum atomic E-state index is -0.385. The van der Waals surface area contributed by atoms with Crippen LogP contribution in [0, 0.1) is 0 Å². The monoisotopic (exact) mass is 394 g/mol. The van der Waals surface area contributed by atoms with Crippen molar-refractivity contribution in [1.29, 1.82) is 0 Å². The van der Waals surface area contributed by atoms with Crippen LogP contribution in [0.2, 0.25) is 0 Å². The van der Waals surface area contributed by atoms with Crippen molar-refractivity contribution >= 4 is 17.4 Å². The first-order valence-corrected chi connectivity index (χ1v) is 9.18. The van der Waals surface area contributed by atoms with Crippen molar-refractivity contribution < 1.29 is 9.53 Å². The first kappa shape index (κ1) is 18.8. The molecule has 1 aliphatic rings. The first-order valence-electron chi connectivity index (χ1n) is 9.18. The van der Waals surface area contributed by atoms with Gasteiger partial charge in [0.25, 0.3) is 5.91 Å². The highest BCUT2D eigenvalue weighted by molar-refractivity contribution is 6.10. The number of nitrogens with two attached hydrogens (primary N) is 1. The number of hydrogen-bond donors (Lipinski definition) is 1. The zero-order valence-electron chi connectivity index (χ0n) is 16.7. The average molecular weight is 394 g/mol. The summed E-state index contributed by atoms with van der Waals surface area (Å²) in [5.41, 5.74) is 8.39. The molecule has 0 spiro atoms. The predicted molar refractivity (Wildman–Crippen MR) is 106 cm³/mol. The van der Waals surface area contributed by atoms with Crippen LogP contribution < -0.4 is 15.4 Å². The third-order valence-corrected chi connectivity index (χ3v) is 5.29. The molecule has 0 radical (unpaired) electrons. The number of benzene rings is 1. The van der Waals surface area contributed by atoms with Crippen molar-refractivity contribution in [2.24, 2.45) is 7.05 Å². The van der Waals surface area contributed by atoms with Gasteiger partial charge in [-0.25, -0.2) is 4.68 Å². The quantitative estimate of drug-likeness (QED) is 0.698. The smallest absolute Gasteiger partial charge is 0.318 e. The fourth-order valence-corrected chi connectivity index (χ4v) is 3.65. The summed E-state index contributed by atoms with van der Waals surface area (Å²) in [4.78, 5) is 23.1. The van der Waals surface area contributed by atoms with Crippen molar-refractivity contribution in [3.63, 3.8) is 0 Å². The Morgan fingerprint density at radius 3 is 2.52 bits per heavy atom. The Kier molecular flexibility index (Phi) is 4.40. The van der Waals surface area contributed by atoms with Gasteiger partial charge in [0.05, 0.1) is 18.2 Å².